The maximum atomic E-state index is 8.50. The first kappa shape index (κ1) is 8.88. The normalized spacial score (nSPS) is 17.3. The third kappa shape index (κ3) is 4.39. The second kappa shape index (κ2) is 4.73. The van der Waals surface area contributed by atoms with Gasteiger partial charge in [0.15, 0.2) is 0 Å². The predicted molar refractivity (Wildman–Crippen MR) is 36.1 cm³/mol. The van der Waals surface area contributed by atoms with Crippen molar-refractivity contribution in [2.24, 2.45) is 5.73 Å². The van der Waals surface area contributed by atoms with Crippen molar-refractivity contribution in [3.63, 3.8) is 0 Å². The summed E-state index contributed by atoms with van der Waals surface area (Å²) in [6, 6.07) is -0.139. The van der Waals surface area contributed by atoms with Crippen LogP contribution >= 0.6 is 0 Å². The van der Waals surface area contributed by atoms with Crippen LogP contribution in [0.2, 0.25) is 0 Å². The van der Waals surface area contributed by atoms with Crippen LogP contribution in [0.25, 0.3) is 0 Å². The van der Waals surface area contributed by atoms with Gasteiger partial charge < -0.3 is 15.6 Å². The Bertz CT molecular complexity index is 60.1. The van der Waals surface area contributed by atoms with E-state index in [0.29, 0.717) is 6.42 Å². The van der Waals surface area contributed by atoms with Gasteiger partial charge in [-0.25, -0.2) is 0 Å². The molecule has 0 saturated carbocycles. The molecule has 3 heteroatoms. The molecule has 0 aliphatic heterocycles. The lowest BCUT2D eigenvalue weighted by Gasteiger charge is -2.12. The van der Waals surface area contributed by atoms with Crippen LogP contribution in [0.5, 0.6) is 0 Å². The number of aliphatic hydroxyl groups excluding tert-OH is 1. The summed E-state index contributed by atoms with van der Waals surface area (Å²) in [5.74, 6) is 0. The molecular formula is C6H15NO2. The highest BCUT2D eigenvalue weighted by molar-refractivity contribution is 4.62. The summed E-state index contributed by atoms with van der Waals surface area (Å²) in [5.41, 5.74) is 5.42. The van der Waals surface area contributed by atoms with E-state index >= 15 is 0 Å². The average molecular weight is 133 g/mol. The van der Waals surface area contributed by atoms with Gasteiger partial charge in [-0.05, 0) is 13.3 Å². The van der Waals surface area contributed by atoms with E-state index in [-0.39, 0.29) is 18.8 Å². The maximum Gasteiger partial charge on any atom is 0.0583 e. The van der Waals surface area contributed by atoms with Crippen LogP contribution in [0, 0.1) is 0 Å². The quantitative estimate of drug-likeness (QED) is 0.555. The largest absolute Gasteiger partial charge is 0.395 e. The lowest BCUT2D eigenvalue weighted by molar-refractivity contribution is 0.0959. The molecular weight excluding hydrogens is 118 g/mol. The van der Waals surface area contributed by atoms with Crippen molar-refractivity contribution in [3.8, 4) is 0 Å². The summed E-state index contributed by atoms with van der Waals surface area (Å²) < 4.78 is 4.93. The zero-order valence-electron chi connectivity index (χ0n) is 6.00. The van der Waals surface area contributed by atoms with E-state index in [2.05, 4.69) is 0 Å². The maximum absolute atomic E-state index is 8.50. The van der Waals surface area contributed by atoms with Crippen molar-refractivity contribution in [2.45, 2.75) is 25.5 Å². The minimum Gasteiger partial charge on any atom is -0.395 e. The Kier molecular flexibility index (Phi) is 4.67. The lowest BCUT2D eigenvalue weighted by Crippen LogP contribution is -2.29. The van der Waals surface area contributed by atoms with Crippen LogP contribution in [-0.4, -0.2) is 31.0 Å². The molecule has 3 nitrogen and oxygen atoms in total. The van der Waals surface area contributed by atoms with E-state index in [9.17, 15) is 0 Å². The number of hydrogen-bond donors (Lipinski definition) is 2. The van der Waals surface area contributed by atoms with E-state index < -0.39 is 0 Å². The molecule has 9 heavy (non-hydrogen) atoms. The number of nitrogens with two attached hydrogens (primary N) is 1. The molecule has 0 aromatic heterocycles. The molecule has 0 aromatic carbocycles. The summed E-state index contributed by atoms with van der Waals surface area (Å²) in [6.45, 7) is 1.96. The van der Waals surface area contributed by atoms with Crippen LogP contribution in [-0.2, 0) is 4.74 Å². The molecule has 2 unspecified atom stereocenters. The van der Waals surface area contributed by atoms with Gasteiger partial charge in [-0.3, -0.25) is 0 Å². The number of hydrogen-bond acceptors (Lipinski definition) is 3. The zero-order chi connectivity index (χ0) is 7.28. The molecule has 0 aliphatic carbocycles. The monoisotopic (exact) mass is 133 g/mol. The summed E-state index contributed by atoms with van der Waals surface area (Å²) >= 11 is 0. The van der Waals surface area contributed by atoms with E-state index in [1.807, 2.05) is 6.92 Å². The fourth-order valence-electron chi connectivity index (χ4n) is 0.597. The Morgan fingerprint density at radius 2 is 2.22 bits per heavy atom. The predicted octanol–water partition coefficient (Wildman–Crippen LogP) is -0.269. The number of ether oxygens (including phenoxy) is 1. The van der Waals surface area contributed by atoms with Gasteiger partial charge in [-0.15, -0.1) is 0 Å². The van der Waals surface area contributed by atoms with Crippen LogP contribution < -0.4 is 5.73 Å². The van der Waals surface area contributed by atoms with Gasteiger partial charge in [-0.1, -0.05) is 0 Å². The summed E-state index contributed by atoms with van der Waals surface area (Å²) in [4.78, 5) is 0. The van der Waals surface area contributed by atoms with Gasteiger partial charge in [0.1, 0.15) is 0 Å². The molecule has 0 amide bonds. The van der Waals surface area contributed by atoms with Crippen molar-refractivity contribution in [1.82, 2.24) is 0 Å². The van der Waals surface area contributed by atoms with Gasteiger partial charge in [0.25, 0.3) is 0 Å². The first-order valence-corrected chi connectivity index (χ1v) is 3.10. The second-order valence-corrected chi connectivity index (χ2v) is 2.22. The smallest absolute Gasteiger partial charge is 0.0583 e. The van der Waals surface area contributed by atoms with Crippen LogP contribution in [0.1, 0.15) is 13.3 Å². The Morgan fingerprint density at radius 1 is 1.67 bits per heavy atom. The van der Waals surface area contributed by atoms with Crippen molar-refractivity contribution < 1.29 is 9.84 Å². The van der Waals surface area contributed by atoms with E-state index in [1.165, 1.54) is 0 Å². The molecule has 3 N–H and O–H groups in total. The molecule has 2 atom stereocenters. The molecule has 0 spiro atoms. The van der Waals surface area contributed by atoms with Crippen LogP contribution in [0.15, 0.2) is 0 Å². The van der Waals surface area contributed by atoms with Gasteiger partial charge >= 0.3 is 0 Å². The highest BCUT2D eigenvalue weighted by Crippen LogP contribution is 1.97. The number of rotatable bonds is 4. The average Bonchev–Trinajstić information content (AvgIpc) is 1.87. The molecule has 0 saturated heterocycles. The number of methoxy groups -OCH3 is 1. The molecule has 56 valence electrons. The van der Waals surface area contributed by atoms with Crippen molar-refractivity contribution >= 4 is 0 Å². The van der Waals surface area contributed by atoms with Crippen LogP contribution in [0.4, 0.5) is 0 Å². The Hall–Kier alpha value is -0.120. The molecule has 0 aromatic rings. The SMILES string of the molecule is COC(C)CC(N)CO. The van der Waals surface area contributed by atoms with Gasteiger partial charge in [0.05, 0.1) is 12.7 Å². The summed E-state index contributed by atoms with van der Waals surface area (Å²) in [6.07, 6.45) is 0.861. The molecule has 0 rings (SSSR count). The molecule has 0 heterocycles. The topological polar surface area (TPSA) is 55.5 Å². The van der Waals surface area contributed by atoms with Crippen LogP contribution in [0.3, 0.4) is 0 Å². The minimum absolute atomic E-state index is 0.0354. The van der Waals surface area contributed by atoms with E-state index in [4.69, 9.17) is 15.6 Å². The van der Waals surface area contributed by atoms with Crippen molar-refractivity contribution in [3.05, 3.63) is 0 Å². The molecule has 0 radical (unpaired) electrons. The Balaban J connectivity index is 3.22. The fraction of sp³-hybridized carbons (Fsp3) is 1.00. The highest BCUT2D eigenvalue weighted by Gasteiger charge is 2.05. The minimum atomic E-state index is -0.139. The second-order valence-electron chi connectivity index (χ2n) is 2.22. The Labute approximate surface area is 55.8 Å². The highest BCUT2D eigenvalue weighted by atomic mass is 16.5. The van der Waals surface area contributed by atoms with Gasteiger partial charge in [-0.2, -0.15) is 0 Å². The first-order chi connectivity index (χ1) is 4.20. The van der Waals surface area contributed by atoms with Gasteiger partial charge in [0.2, 0.25) is 0 Å². The lowest BCUT2D eigenvalue weighted by atomic mass is 10.1. The van der Waals surface area contributed by atoms with Crippen molar-refractivity contribution in [2.75, 3.05) is 13.7 Å². The van der Waals surface area contributed by atoms with Gasteiger partial charge in [0, 0.05) is 13.2 Å². The zero-order valence-corrected chi connectivity index (χ0v) is 6.00. The van der Waals surface area contributed by atoms with Crippen molar-refractivity contribution in [1.29, 1.82) is 0 Å². The number of aliphatic hydroxyl groups is 1. The van der Waals surface area contributed by atoms with E-state index in [1.54, 1.807) is 7.11 Å². The Morgan fingerprint density at radius 3 is 2.56 bits per heavy atom. The first-order valence-electron chi connectivity index (χ1n) is 3.10. The third-order valence-electron chi connectivity index (χ3n) is 1.27. The molecule has 0 bridgehead atoms. The molecule has 0 aliphatic rings. The standard InChI is InChI=1S/C6H15NO2/c1-5(9-2)3-6(7)4-8/h5-6,8H,3-4,7H2,1-2H3. The molecule has 0 fully saturated rings. The summed E-state index contributed by atoms with van der Waals surface area (Å²) in [5, 5.41) is 8.50. The summed E-state index contributed by atoms with van der Waals surface area (Å²) in [7, 11) is 1.63. The fourth-order valence-corrected chi connectivity index (χ4v) is 0.597. The third-order valence-corrected chi connectivity index (χ3v) is 1.27. The van der Waals surface area contributed by atoms with E-state index in [0.717, 1.165) is 0 Å².